The number of ketones is 1. The van der Waals surface area contributed by atoms with E-state index >= 15 is 0 Å². The summed E-state index contributed by atoms with van der Waals surface area (Å²) in [4.78, 5) is 12.5. The summed E-state index contributed by atoms with van der Waals surface area (Å²) in [5.41, 5.74) is 6.55. The maximum atomic E-state index is 12.5. The van der Waals surface area contributed by atoms with E-state index in [4.69, 9.17) is 10.5 Å². The lowest BCUT2D eigenvalue weighted by Gasteiger charge is -2.25. The average Bonchev–Trinajstić information content (AvgIpc) is 2.39. The average molecular weight is 312 g/mol. The van der Waals surface area contributed by atoms with Crippen molar-refractivity contribution < 1.29 is 9.53 Å². The van der Waals surface area contributed by atoms with E-state index in [1.807, 2.05) is 18.2 Å². The lowest BCUT2D eigenvalue weighted by molar-refractivity contribution is 0.0881. The zero-order chi connectivity index (χ0) is 13.1. The zero-order valence-electron chi connectivity index (χ0n) is 10.5. The predicted molar refractivity (Wildman–Crippen MR) is 75.0 cm³/mol. The fourth-order valence-electron chi connectivity index (χ4n) is 2.47. The molecule has 1 fully saturated rings. The lowest BCUT2D eigenvalue weighted by Crippen LogP contribution is -2.30. The van der Waals surface area contributed by atoms with Crippen LogP contribution in [0.15, 0.2) is 22.7 Å². The highest BCUT2D eigenvalue weighted by molar-refractivity contribution is 9.10. The molecule has 0 amide bonds. The number of hydrogen-bond donors (Lipinski definition) is 1. The number of nitrogens with two attached hydrogens (primary N) is 1. The minimum Gasteiger partial charge on any atom is -0.496 e. The Morgan fingerprint density at radius 3 is 2.61 bits per heavy atom. The van der Waals surface area contributed by atoms with Gasteiger partial charge >= 0.3 is 0 Å². The summed E-state index contributed by atoms with van der Waals surface area (Å²) < 4.78 is 6.17. The molecular weight excluding hydrogens is 294 g/mol. The molecule has 1 aliphatic carbocycles. The molecule has 0 aromatic heterocycles. The fraction of sp³-hybridized carbons (Fsp3) is 0.500. The molecule has 0 saturated heterocycles. The van der Waals surface area contributed by atoms with Crippen LogP contribution in [0.4, 0.5) is 0 Å². The van der Waals surface area contributed by atoms with Crippen LogP contribution in [0.1, 0.15) is 36.0 Å². The Balaban J connectivity index is 2.20. The molecule has 0 spiro atoms. The van der Waals surface area contributed by atoms with Gasteiger partial charge in [0.2, 0.25) is 0 Å². The van der Waals surface area contributed by atoms with Crippen molar-refractivity contribution in [3.8, 4) is 5.75 Å². The Labute approximate surface area is 116 Å². The third-order valence-electron chi connectivity index (χ3n) is 3.57. The molecule has 0 aliphatic heterocycles. The number of methoxy groups -OCH3 is 1. The molecule has 1 aromatic carbocycles. The van der Waals surface area contributed by atoms with E-state index in [2.05, 4.69) is 15.9 Å². The van der Waals surface area contributed by atoms with Gasteiger partial charge in [0.05, 0.1) is 12.7 Å². The van der Waals surface area contributed by atoms with Gasteiger partial charge < -0.3 is 10.5 Å². The second-order valence-electron chi connectivity index (χ2n) is 4.82. The predicted octanol–water partition coefficient (Wildman–Crippen LogP) is 3.16. The minimum atomic E-state index is 0.0907. The summed E-state index contributed by atoms with van der Waals surface area (Å²) in [7, 11) is 1.59. The van der Waals surface area contributed by atoms with E-state index in [-0.39, 0.29) is 17.7 Å². The van der Waals surface area contributed by atoms with Crippen LogP contribution in [0.5, 0.6) is 5.75 Å². The number of rotatable bonds is 3. The standard InChI is InChI=1S/C14H18BrNO2/c1-18-13-7-4-10(15)8-12(13)14(17)9-2-5-11(16)6-3-9/h4,7-9,11H,2-3,5-6,16H2,1H3. The topological polar surface area (TPSA) is 52.3 Å². The van der Waals surface area contributed by atoms with Crippen molar-refractivity contribution in [3.63, 3.8) is 0 Å². The SMILES string of the molecule is COc1ccc(Br)cc1C(=O)C1CCC(N)CC1. The van der Waals surface area contributed by atoms with Gasteiger partial charge in [-0.05, 0) is 43.9 Å². The first-order valence-corrected chi connectivity index (χ1v) is 7.04. The van der Waals surface area contributed by atoms with Crippen LogP contribution in [0.3, 0.4) is 0 Å². The molecule has 18 heavy (non-hydrogen) atoms. The van der Waals surface area contributed by atoms with E-state index in [9.17, 15) is 4.79 Å². The van der Waals surface area contributed by atoms with Crippen molar-refractivity contribution in [2.24, 2.45) is 11.7 Å². The van der Waals surface area contributed by atoms with Crippen LogP contribution in [-0.2, 0) is 0 Å². The molecule has 0 unspecified atom stereocenters. The first-order chi connectivity index (χ1) is 8.61. The Hall–Kier alpha value is -0.870. The van der Waals surface area contributed by atoms with E-state index in [1.54, 1.807) is 7.11 Å². The van der Waals surface area contributed by atoms with Gasteiger partial charge in [0, 0.05) is 16.4 Å². The Morgan fingerprint density at radius 2 is 2.00 bits per heavy atom. The highest BCUT2D eigenvalue weighted by Crippen LogP contribution is 2.31. The molecule has 1 saturated carbocycles. The molecule has 1 aromatic rings. The number of carbonyl (C=O) groups excluding carboxylic acids is 1. The molecule has 2 N–H and O–H groups in total. The smallest absolute Gasteiger partial charge is 0.169 e. The number of hydrogen-bond acceptors (Lipinski definition) is 3. The third-order valence-corrected chi connectivity index (χ3v) is 4.06. The molecule has 2 rings (SSSR count). The van der Waals surface area contributed by atoms with E-state index < -0.39 is 0 Å². The highest BCUT2D eigenvalue weighted by atomic mass is 79.9. The highest BCUT2D eigenvalue weighted by Gasteiger charge is 2.27. The maximum absolute atomic E-state index is 12.5. The summed E-state index contributed by atoms with van der Waals surface area (Å²) in [6.45, 7) is 0. The van der Waals surface area contributed by atoms with Crippen LogP contribution in [0.25, 0.3) is 0 Å². The number of benzene rings is 1. The van der Waals surface area contributed by atoms with Gasteiger partial charge in [-0.3, -0.25) is 4.79 Å². The number of Topliss-reactive ketones (excluding diaryl/α,β-unsaturated/α-hetero) is 1. The third kappa shape index (κ3) is 2.93. The molecule has 3 nitrogen and oxygen atoms in total. The Morgan fingerprint density at radius 1 is 1.33 bits per heavy atom. The van der Waals surface area contributed by atoms with Crippen molar-refractivity contribution in [1.82, 2.24) is 0 Å². The van der Waals surface area contributed by atoms with Gasteiger partial charge in [0.25, 0.3) is 0 Å². The largest absolute Gasteiger partial charge is 0.496 e. The van der Waals surface area contributed by atoms with Gasteiger partial charge in [-0.2, -0.15) is 0 Å². The summed E-state index contributed by atoms with van der Waals surface area (Å²) in [6.07, 6.45) is 3.64. The summed E-state index contributed by atoms with van der Waals surface area (Å²) in [5, 5.41) is 0. The molecule has 0 heterocycles. The zero-order valence-corrected chi connectivity index (χ0v) is 12.1. The second-order valence-corrected chi connectivity index (χ2v) is 5.74. The van der Waals surface area contributed by atoms with E-state index in [1.165, 1.54) is 0 Å². The summed E-state index contributed by atoms with van der Waals surface area (Å²) in [6, 6.07) is 5.81. The number of halogens is 1. The van der Waals surface area contributed by atoms with Crippen LogP contribution in [-0.4, -0.2) is 18.9 Å². The molecule has 98 valence electrons. The summed E-state index contributed by atoms with van der Waals surface area (Å²) in [5.74, 6) is 0.922. The van der Waals surface area contributed by atoms with Gasteiger partial charge in [-0.25, -0.2) is 0 Å². The normalized spacial score (nSPS) is 23.7. The molecule has 0 radical (unpaired) electrons. The Kier molecular flexibility index (Phi) is 4.40. The first-order valence-electron chi connectivity index (χ1n) is 6.25. The molecule has 0 bridgehead atoms. The van der Waals surface area contributed by atoms with Crippen molar-refractivity contribution in [3.05, 3.63) is 28.2 Å². The summed E-state index contributed by atoms with van der Waals surface area (Å²) >= 11 is 3.40. The fourth-order valence-corrected chi connectivity index (χ4v) is 2.84. The number of ether oxygens (including phenoxy) is 1. The molecule has 0 atom stereocenters. The lowest BCUT2D eigenvalue weighted by atomic mass is 9.82. The van der Waals surface area contributed by atoms with Crippen LogP contribution < -0.4 is 10.5 Å². The van der Waals surface area contributed by atoms with Crippen LogP contribution in [0.2, 0.25) is 0 Å². The monoisotopic (exact) mass is 311 g/mol. The van der Waals surface area contributed by atoms with Crippen LogP contribution in [0, 0.1) is 5.92 Å². The van der Waals surface area contributed by atoms with Crippen molar-refractivity contribution >= 4 is 21.7 Å². The van der Waals surface area contributed by atoms with Gasteiger partial charge in [-0.15, -0.1) is 0 Å². The van der Waals surface area contributed by atoms with Gasteiger partial charge in [-0.1, -0.05) is 15.9 Å². The van der Waals surface area contributed by atoms with E-state index in [0.29, 0.717) is 11.3 Å². The van der Waals surface area contributed by atoms with Gasteiger partial charge in [0.1, 0.15) is 5.75 Å². The van der Waals surface area contributed by atoms with Gasteiger partial charge in [0.15, 0.2) is 5.78 Å². The number of carbonyl (C=O) groups is 1. The minimum absolute atomic E-state index is 0.0907. The maximum Gasteiger partial charge on any atom is 0.169 e. The van der Waals surface area contributed by atoms with Crippen molar-refractivity contribution in [2.75, 3.05) is 7.11 Å². The van der Waals surface area contributed by atoms with Crippen molar-refractivity contribution in [2.45, 2.75) is 31.7 Å². The van der Waals surface area contributed by atoms with Crippen LogP contribution >= 0.6 is 15.9 Å². The molecular formula is C14H18BrNO2. The Bertz CT molecular complexity index is 439. The first kappa shape index (κ1) is 13.6. The van der Waals surface area contributed by atoms with Crippen molar-refractivity contribution in [1.29, 1.82) is 0 Å². The molecule has 1 aliphatic rings. The quantitative estimate of drug-likeness (QED) is 0.872. The second kappa shape index (κ2) is 5.85. The van der Waals surface area contributed by atoms with E-state index in [0.717, 1.165) is 30.2 Å². The molecule has 4 heteroatoms.